The molecular formula is C27H37NO2. The van der Waals surface area contributed by atoms with Crippen LogP contribution in [0.1, 0.15) is 90.7 Å². The van der Waals surface area contributed by atoms with Crippen LogP contribution in [0.4, 0.5) is 0 Å². The molecule has 0 amide bonds. The maximum atomic E-state index is 9.78. The number of benzene rings is 1. The molecule has 162 valence electrons. The van der Waals surface area contributed by atoms with E-state index in [1.54, 1.807) is 6.07 Å². The zero-order valence-corrected chi connectivity index (χ0v) is 19.3. The molecule has 3 heteroatoms. The number of aromatic hydroxyl groups is 1. The van der Waals surface area contributed by atoms with Gasteiger partial charge in [0.05, 0.1) is 5.56 Å². The average molecular weight is 408 g/mol. The third-order valence-electron chi connectivity index (χ3n) is 5.83. The molecule has 0 saturated carbocycles. The number of allylic oxidation sites excluding steroid dienone is 6. The van der Waals surface area contributed by atoms with Crippen molar-refractivity contribution in [2.75, 3.05) is 0 Å². The molecule has 30 heavy (non-hydrogen) atoms. The summed E-state index contributed by atoms with van der Waals surface area (Å²) >= 11 is 0. The van der Waals surface area contributed by atoms with E-state index in [0.717, 1.165) is 56.9 Å². The van der Waals surface area contributed by atoms with Gasteiger partial charge in [0.2, 0.25) is 0 Å². The van der Waals surface area contributed by atoms with Crippen molar-refractivity contribution in [3.8, 4) is 17.6 Å². The summed E-state index contributed by atoms with van der Waals surface area (Å²) in [5.74, 6) is 0.788. The van der Waals surface area contributed by atoms with E-state index in [2.05, 4.69) is 58.9 Å². The number of nitrogens with zero attached hydrogens (tertiary/aromatic N) is 1. The minimum atomic E-state index is -0.270. The van der Waals surface area contributed by atoms with Gasteiger partial charge in [0.25, 0.3) is 0 Å². The van der Waals surface area contributed by atoms with E-state index < -0.39 is 0 Å². The summed E-state index contributed by atoms with van der Waals surface area (Å²) in [4.78, 5) is 0. The number of phenols is 1. The van der Waals surface area contributed by atoms with Crippen molar-refractivity contribution in [2.45, 2.75) is 91.6 Å². The fourth-order valence-electron chi connectivity index (χ4n) is 3.90. The summed E-state index contributed by atoms with van der Waals surface area (Å²) in [5, 5.41) is 19.2. The molecule has 0 fully saturated rings. The Morgan fingerprint density at radius 2 is 1.70 bits per heavy atom. The molecule has 0 saturated heterocycles. The number of hydrogen-bond donors (Lipinski definition) is 1. The van der Waals surface area contributed by atoms with E-state index in [4.69, 9.17) is 4.74 Å². The van der Waals surface area contributed by atoms with Crippen LogP contribution >= 0.6 is 0 Å². The third kappa shape index (κ3) is 7.41. The quantitative estimate of drug-likeness (QED) is 0.430. The van der Waals surface area contributed by atoms with Crippen molar-refractivity contribution in [3.05, 3.63) is 58.2 Å². The Balaban J connectivity index is 1.83. The first-order valence-electron chi connectivity index (χ1n) is 11.1. The van der Waals surface area contributed by atoms with Crippen LogP contribution in [-0.2, 0) is 6.42 Å². The Morgan fingerprint density at radius 1 is 1.07 bits per heavy atom. The summed E-state index contributed by atoms with van der Waals surface area (Å²) in [6.07, 6.45) is 15.1. The minimum absolute atomic E-state index is 0.136. The van der Waals surface area contributed by atoms with Gasteiger partial charge >= 0.3 is 0 Å². The molecule has 1 atom stereocenters. The maximum Gasteiger partial charge on any atom is 0.141 e. The minimum Gasteiger partial charge on any atom is -0.508 e. The van der Waals surface area contributed by atoms with E-state index in [-0.39, 0.29) is 11.4 Å². The molecule has 1 unspecified atom stereocenters. The zero-order valence-electron chi connectivity index (χ0n) is 19.3. The van der Waals surface area contributed by atoms with Gasteiger partial charge in [-0.05, 0) is 97.6 Å². The van der Waals surface area contributed by atoms with Gasteiger partial charge < -0.3 is 9.84 Å². The van der Waals surface area contributed by atoms with Crippen LogP contribution < -0.4 is 4.74 Å². The highest BCUT2D eigenvalue weighted by atomic mass is 16.5. The maximum absolute atomic E-state index is 9.78. The van der Waals surface area contributed by atoms with Crippen molar-refractivity contribution in [1.29, 1.82) is 5.26 Å². The van der Waals surface area contributed by atoms with Gasteiger partial charge in [-0.1, -0.05) is 34.9 Å². The molecule has 1 N–H and O–H groups in total. The molecule has 1 aliphatic rings. The van der Waals surface area contributed by atoms with E-state index in [1.807, 2.05) is 0 Å². The number of nitriles is 1. The predicted octanol–water partition coefficient (Wildman–Crippen LogP) is 7.55. The molecule has 1 aromatic carbocycles. The van der Waals surface area contributed by atoms with Crippen LogP contribution in [0.3, 0.4) is 0 Å². The molecule has 3 nitrogen and oxygen atoms in total. The number of aryl methyl sites for hydroxylation is 1. The zero-order chi connectivity index (χ0) is 22.1. The van der Waals surface area contributed by atoms with Crippen LogP contribution in [0.25, 0.3) is 0 Å². The number of ether oxygens (including phenoxy) is 1. The first kappa shape index (κ1) is 23.8. The van der Waals surface area contributed by atoms with Crippen LogP contribution in [0.15, 0.2) is 47.1 Å². The summed E-state index contributed by atoms with van der Waals surface area (Å²) in [6, 6.07) is 5.36. The third-order valence-corrected chi connectivity index (χ3v) is 5.83. The molecule has 1 aliphatic heterocycles. The van der Waals surface area contributed by atoms with Crippen LogP contribution in [0, 0.1) is 11.3 Å². The largest absolute Gasteiger partial charge is 0.508 e. The fourth-order valence-corrected chi connectivity index (χ4v) is 3.90. The number of fused-ring (bicyclic) bond motifs is 1. The second-order valence-electron chi connectivity index (χ2n) is 9.14. The molecule has 0 radical (unpaired) electrons. The van der Waals surface area contributed by atoms with Crippen molar-refractivity contribution in [3.63, 3.8) is 0 Å². The normalized spacial score (nSPS) is 18.9. The van der Waals surface area contributed by atoms with Crippen LogP contribution in [-0.4, -0.2) is 10.7 Å². The van der Waals surface area contributed by atoms with Crippen LogP contribution in [0.2, 0.25) is 0 Å². The van der Waals surface area contributed by atoms with E-state index in [9.17, 15) is 10.4 Å². The highest BCUT2D eigenvalue weighted by Crippen LogP contribution is 2.40. The average Bonchev–Trinajstić information content (AvgIpc) is 2.67. The molecule has 0 aliphatic carbocycles. The van der Waals surface area contributed by atoms with Crippen molar-refractivity contribution < 1.29 is 9.84 Å². The fraction of sp³-hybridized carbons (Fsp3) is 0.519. The van der Waals surface area contributed by atoms with E-state index >= 15 is 0 Å². The number of phenolic OH excluding ortho intramolecular Hbond substituents is 1. The number of rotatable bonds is 9. The Hall–Kier alpha value is -2.47. The highest BCUT2D eigenvalue weighted by molar-refractivity contribution is 5.54. The summed E-state index contributed by atoms with van der Waals surface area (Å²) in [5.41, 5.74) is 5.38. The molecule has 0 aromatic heterocycles. The summed E-state index contributed by atoms with van der Waals surface area (Å²) < 4.78 is 6.27. The summed E-state index contributed by atoms with van der Waals surface area (Å²) in [7, 11) is 0. The Labute approximate surface area is 182 Å². The second-order valence-corrected chi connectivity index (χ2v) is 9.14. The molecule has 2 rings (SSSR count). The van der Waals surface area contributed by atoms with Gasteiger partial charge in [0.1, 0.15) is 23.2 Å². The van der Waals surface area contributed by atoms with Gasteiger partial charge in [-0.15, -0.1) is 0 Å². The standard InChI is InChI=1S/C27H37NO2/c1-20(2)9-6-10-21(3)11-7-12-22(4)13-8-15-27(5)16-14-23-17-25(29)18-24(19-28)26(23)30-27/h9,11,13,17-18,29H,6-8,10,12,14-16H2,1-5H3/b21-11+,22-13+. The van der Waals surface area contributed by atoms with Gasteiger partial charge in [-0.25, -0.2) is 0 Å². The SMILES string of the molecule is CC(C)=CCC/C(C)=C/CC/C(C)=C/CCC1(C)CCc2cc(O)cc(C#N)c2O1. The lowest BCUT2D eigenvalue weighted by molar-refractivity contribution is 0.0566. The van der Waals surface area contributed by atoms with Gasteiger partial charge in [-0.3, -0.25) is 0 Å². The topological polar surface area (TPSA) is 53.2 Å². The van der Waals surface area contributed by atoms with Gasteiger partial charge in [0.15, 0.2) is 0 Å². The summed E-state index contributed by atoms with van der Waals surface area (Å²) in [6.45, 7) is 10.9. The Bertz CT molecular complexity index is 866. The lowest BCUT2D eigenvalue weighted by Crippen LogP contribution is -2.36. The van der Waals surface area contributed by atoms with E-state index in [0.29, 0.717) is 11.3 Å². The first-order chi connectivity index (χ1) is 14.2. The first-order valence-corrected chi connectivity index (χ1v) is 11.1. The molecular weight excluding hydrogens is 370 g/mol. The molecule has 0 bridgehead atoms. The van der Waals surface area contributed by atoms with Gasteiger partial charge in [-0.2, -0.15) is 5.26 Å². The van der Waals surface area contributed by atoms with Crippen molar-refractivity contribution in [1.82, 2.24) is 0 Å². The Morgan fingerprint density at radius 3 is 2.33 bits per heavy atom. The van der Waals surface area contributed by atoms with Crippen LogP contribution in [0.5, 0.6) is 11.5 Å². The smallest absolute Gasteiger partial charge is 0.141 e. The number of hydrogen-bond acceptors (Lipinski definition) is 3. The van der Waals surface area contributed by atoms with Crippen molar-refractivity contribution in [2.24, 2.45) is 0 Å². The monoisotopic (exact) mass is 407 g/mol. The highest BCUT2D eigenvalue weighted by Gasteiger charge is 2.32. The van der Waals surface area contributed by atoms with E-state index in [1.165, 1.54) is 22.8 Å². The lowest BCUT2D eigenvalue weighted by atomic mass is 9.87. The molecule has 0 spiro atoms. The molecule has 1 heterocycles. The second kappa shape index (κ2) is 11.1. The van der Waals surface area contributed by atoms with Crippen molar-refractivity contribution >= 4 is 0 Å². The lowest BCUT2D eigenvalue weighted by Gasteiger charge is -2.36. The molecule has 1 aromatic rings. The Kier molecular flexibility index (Phi) is 8.78. The van der Waals surface area contributed by atoms with Gasteiger partial charge in [0, 0.05) is 6.07 Å². The predicted molar refractivity (Wildman–Crippen MR) is 125 cm³/mol.